The van der Waals surface area contributed by atoms with E-state index in [1.807, 2.05) is 23.9 Å². The molecule has 0 saturated carbocycles. The molecule has 0 aromatic heterocycles. The number of hydrogen-bond donors (Lipinski definition) is 2. The molecule has 5 nitrogen and oxygen atoms in total. The number of ether oxygens (including phenoxy) is 2. The van der Waals surface area contributed by atoms with E-state index in [2.05, 4.69) is 37.8 Å². The topological polar surface area (TPSA) is 54.9 Å². The van der Waals surface area contributed by atoms with Crippen molar-refractivity contribution in [2.24, 2.45) is 4.99 Å². The number of halogens is 2. The van der Waals surface area contributed by atoms with Crippen LogP contribution in [-0.4, -0.2) is 45.8 Å². The van der Waals surface area contributed by atoms with Crippen LogP contribution >= 0.6 is 51.7 Å². The van der Waals surface area contributed by atoms with Gasteiger partial charge in [-0.3, -0.25) is 4.99 Å². The summed E-state index contributed by atoms with van der Waals surface area (Å²) >= 11 is 5.39. The highest BCUT2D eigenvalue weighted by Crippen LogP contribution is 2.36. The van der Waals surface area contributed by atoms with Gasteiger partial charge in [-0.1, -0.05) is 0 Å². The third-order valence-electron chi connectivity index (χ3n) is 3.24. The van der Waals surface area contributed by atoms with Gasteiger partial charge < -0.3 is 20.1 Å². The second kappa shape index (κ2) is 13.9. The first-order chi connectivity index (χ1) is 11.2. The van der Waals surface area contributed by atoms with E-state index in [4.69, 9.17) is 9.47 Å². The molecule has 0 amide bonds. The van der Waals surface area contributed by atoms with Crippen LogP contribution in [0.25, 0.3) is 0 Å². The van der Waals surface area contributed by atoms with E-state index in [-0.39, 0.29) is 24.0 Å². The molecule has 0 aliphatic rings. The van der Waals surface area contributed by atoms with Crippen LogP contribution < -0.4 is 20.1 Å². The maximum atomic E-state index is 5.36. The molecule has 138 valence electrons. The largest absolute Gasteiger partial charge is 0.493 e. The fraction of sp³-hybridized carbons (Fsp3) is 0.562. The predicted molar refractivity (Wildman–Crippen MR) is 118 cm³/mol. The Labute approximate surface area is 174 Å². The number of rotatable bonds is 9. The molecule has 0 spiro atoms. The van der Waals surface area contributed by atoms with Crippen molar-refractivity contribution in [1.29, 1.82) is 0 Å². The Kier molecular flexibility index (Phi) is 13.7. The molecule has 1 aromatic carbocycles. The molecule has 0 aliphatic carbocycles. The first-order valence-electron chi connectivity index (χ1n) is 7.50. The summed E-state index contributed by atoms with van der Waals surface area (Å²) in [5.74, 6) is 3.42. The van der Waals surface area contributed by atoms with Crippen LogP contribution in [0.1, 0.15) is 18.4 Å². The summed E-state index contributed by atoms with van der Waals surface area (Å²) in [6.07, 6.45) is 4.49. The van der Waals surface area contributed by atoms with E-state index >= 15 is 0 Å². The van der Waals surface area contributed by atoms with Crippen LogP contribution in [0, 0.1) is 0 Å². The van der Waals surface area contributed by atoms with Gasteiger partial charge in [0.25, 0.3) is 0 Å². The monoisotopic (exact) mass is 531 g/mol. The Balaban J connectivity index is 0.00000529. The first kappa shape index (κ1) is 23.6. The van der Waals surface area contributed by atoms with Gasteiger partial charge in [-0.2, -0.15) is 11.8 Å². The Hall–Kier alpha value is -0.350. The minimum absolute atomic E-state index is 0. The summed E-state index contributed by atoms with van der Waals surface area (Å²) < 4.78 is 11.6. The Morgan fingerprint density at radius 3 is 2.54 bits per heavy atom. The third-order valence-corrected chi connectivity index (χ3v) is 4.53. The summed E-state index contributed by atoms with van der Waals surface area (Å²) in [5.41, 5.74) is 1.08. The lowest BCUT2D eigenvalue weighted by atomic mass is 10.2. The summed E-state index contributed by atoms with van der Waals surface area (Å²) in [4.78, 5) is 4.24. The summed E-state index contributed by atoms with van der Waals surface area (Å²) in [6.45, 7) is 1.58. The van der Waals surface area contributed by atoms with E-state index in [0.29, 0.717) is 18.0 Å². The van der Waals surface area contributed by atoms with Gasteiger partial charge in [0.05, 0.1) is 18.7 Å². The first-order valence-corrected chi connectivity index (χ1v) is 9.68. The molecule has 0 atom stereocenters. The standard InChI is InChI=1S/C16H26BrN3O2S.HI/c1-18-16(19-7-5-6-8-23-4)20-11-12-9-13(17)15(22-3)14(10-12)21-2;/h9-10H,5-8,11H2,1-4H3,(H2,18,19,20);1H. The van der Waals surface area contributed by atoms with Gasteiger partial charge in [0.15, 0.2) is 17.5 Å². The van der Waals surface area contributed by atoms with Gasteiger partial charge in [0, 0.05) is 20.1 Å². The Morgan fingerprint density at radius 2 is 1.96 bits per heavy atom. The number of hydrogen-bond acceptors (Lipinski definition) is 4. The van der Waals surface area contributed by atoms with Crippen LogP contribution in [0.4, 0.5) is 0 Å². The minimum Gasteiger partial charge on any atom is -0.493 e. The molecule has 0 saturated heterocycles. The molecule has 0 fully saturated rings. The fourth-order valence-electron chi connectivity index (χ4n) is 2.06. The molecule has 2 N–H and O–H groups in total. The Bertz CT molecular complexity index is 518. The van der Waals surface area contributed by atoms with Crippen LogP contribution in [0.5, 0.6) is 11.5 Å². The lowest BCUT2D eigenvalue weighted by molar-refractivity contribution is 0.352. The molecule has 0 heterocycles. The normalized spacial score (nSPS) is 10.8. The molecular formula is C16H27BrIN3O2S. The van der Waals surface area contributed by atoms with E-state index in [9.17, 15) is 0 Å². The average molecular weight is 532 g/mol. The predicted octanol–water partition coefficient (Wildman–Crippen LogP) is 3.89. The molecule has 1 rings (SSSR count). The lowest BCUT2D eigenvalue weighted by Crippen LogP contribution is -2.37. The number of thioether (sulfide) groups is 1. The van der Waals surface area contributed by atoms with Crippen molar-refractivity contribution < 1.29 is 9.47 Å². The van der Waals surface area contributed by atoms with E-state index in [1.54, 1.807) is 21.3 Å². The summed E-state index contributed by atoms with van der Waals surface area (Å²) in [5, 5.41) is 6.64. The van der Waals surface area contributed by atoms with Gasteiger partial charge in [0.1, 0.15) is 0 Å². The van der Waals surface area contributed by atoms with E-state index in [0.717, 1.165) is 29.0 Å². The highest BCUT2D eigenvalue weighted by Gasteiger charge is 2.10. The molecule has 1 aromatic rings. The number of aliphatic imine (C=N–C) groups is 1. The molecule has 0 radical (unpaired) electrons. The van der Waals surface area contributed by atoms with Gasteiger partial charge in [0.2, 0.25) is 0 Å². The van der Waals surface area contributed by atoms with Crippen molar-refractivity contribution in [3.05, 3.63) is 22.2 Å². The number of methoxy groups -OCH3 is 2. The van der Waals surface area contributed by atoms with Gasteiger partial charge in [-0.15, -0.1) is 24.0 Å². The molecule has 8 heteroatoms. The average Bonchev–Trinajstić information content (AvgIpc) is 2.56. The van der Waals surface area contributed by atoms with E-state index < -0.39 is 0 Å². The quantitative estimate of drug-likeness (QED) is 0.219. The Morgan fingerprint density at radius 1 is 1.21 bits per heavy atom. The van der Waals surface area contributed by atoms with Crippen molar-refractivity contribution in [3.8, 4) is 11.5 Å². The summed E-state index contributed by atoms with van der Waals surface area (Å²) in [6, 6.07) is 3.97. The number of unbranched alkanes of at least 4 members (excludes halogenated alkanes) is 1. The SMILES string of the molecule is CN=C(NCCCCSC)NCc1cc(Br)c(OC)c(OC)c1.I. The minimum atomic E-state index is 0. The number of benzene rings is 1. The van der Waals surface area contributed by atoms with Crippen LogP contribution in [-0.2, 0) is 6.54 Å². The number of guanidine groups is 1. The summed E-state index contributed by atoms with van der Waals surface area (Å²) in [7, 11) is 5.04. The highest BCUT2D eigenvalue weighted by atomic mass is 127. The van der Waals surface area contributed by atoms with Crippen LogP contribution in [0.15, 0.2) is 21.6 Å². The zero-order chi connectivity index (χ0) is 17.1. The van der Waals surface area contributed by atoms with Crippen LogP contribution in [0.2, 0.25) is 0 Å². The fourth-order valence-corrected chi connectivity index (χ4v) is 3.20. The molecule has 0 aliphatic heterocycles. The second-order valence-electron chi connectivity index (χ2n) is 4.87. The maximum Gasteiger partial charge on any atom is 0.191 e. The number of nitrogens with zero attached hydrogens (tertiary/aromatic N) is 1. The lowest BCUT2D eigenvalue weighted by Gasteiger charge is -2.14. The number of nitrogens with one attached hydrogen (secondary N) is 2. The van der Waals surface area contributed by atoms with Gasteiger partial charge in [-0.05, 0) is 58.5 Å². The van der Waals surface area contributed by atoms with E-state index in [1.165, 1.54) is 12.2 Å². The second-order valence-corrected chi connectivity index (χ2v) is 6.71. The maximum absolute atomic E-state index is 5.36. The van der Waals surface area contributed by atoms with Gasteiger partial charge in [-0.25, -0.2) is 0 Å². The van der Waals surface area contributed by atoms with Crippen molar-refractivity contribution in [1.82, 2.24) is 10.6 Å². The molecular weight excluding hydrogens is 505 g/mol. The van der Waals surface area contributed by atoms with Gasteiger partial charge >= 0.3 is 0 Å². The smallest absolute Gasteiger partial charge is 0.191 e. The molecule has 24 heavy (non-hydrogen) atoms. The van der Waals surface area contributed by atoms with Crippen LogP contribution in [0.3, 0.4) is 0 Å². The molecule has 0 unspecified atom stereocenters. The third kappa shape index (κ3) is 8.15. The van der Waals surface area contributed by atoms with Crippen molar-refractivity contribution in [2.75, 3.05) is 39.8 Å². The zero-order valence-corrected chi connectivity index (χ0v) is 19.4. The molecule has 0 bridgehead atoms. The van der Waals surface area contributed by atoms with Crippen molar-refractivity contribution >= 4 is 57.6 Å². The zero-order valence-electron chi connectivity index (χ0n) is 14.6. The highest BCUT2D eigenvalue weighted by molar-refractivity contribution is 14.0. The van der Waals surface area contributed by atoms with Crippen molar-refractivity contribution in [2.45, 2.75) is 19.4 Å². The van der Waals surface area contributed by atoms with Crippen molar-refractivity contribution in [3.63, 3.8) is 0 Å².